The van der Waals surface area contributed by atoms with Crippen LogP contribution in [0.15, 0.2) is 48.5 Å². The maximum atomic E-state index is 12.2. The first-order chi connectivity index (χ1) is 14.3. The molecule has 1 N–H and O–H groups in total. The Morgan fingerprint density at radius 2 is 1.73 bits per heavy atom. The Morgan fingerprint density at radius 1 is 1.07 bits per heavy atom. The number of halogens is 1. The second-order valence-corrected chi connectivity index (χ2v) is 7.05. The van der Waals surface area contributed by atoms with E-state index in [-0.39, 0.29) is 5.78 Å². The summed E-state index contributed by atoms with van der Waals surface area (Å²) in [6, 6.07) is 13.2. The van der Waals surface area contributed by atoms with Crippen molar-refractivity contribution in [2.45, 2.75) is 20.8 Å². The van der Waals surface area contributed by atoms with Gasteiger partial charge < -0.3 is 10.1 Å². The molecule has 154 valence electrons. The Morgan fingerprint density at radius 3 is 2.33 bits per heavy atom. The highest BCUT2D eigenvalue weighted by Gasteiger charge is 2.14. The molecule has 0 saturated heterocycles. The molecule has 1 heterocycles. The summed E-state index contributed by atoms with van der Waals surface area (Å²) in [5, 5.41) is 7.54. The summed E-state index contributed by atoms with van der Waals surface area (Å²) in [6.07, 6.45) is 0. The molecule has 0 unspecified atom stereocenters. The number of ether oxygens (including phenoxy) is 1. The molecule has 1 amide bonds. The van der Waals surface area contributed by atoms with E-state index in [0.717, 1.165) is 17.1 Å². The van der Waals surface area contributed by atoms with Crippen molar-refractivity contribution in [1.29, 1.82) is 0 Å². The number of esters is 1. The highest BCUT2D eigenvalue weighted by Crippen LogP contribution is 2.22. The minimum atomic E-state index is -0.636. The Kier molecular flexibility index (Phi) is 6.32. The van der Waals surface area contributed by atoms with Crippen molar-refractivity contribution in [3.05, 3.63) is 76.1 Å². The molecule has 3 rings (SSSR count). The van der Waals surface area contributed by atoms with E-state index in [1.807, 2.05) is 13.8 Å². The molecule has 0 aliphatic heterocycles. The van der Waals surface area contributed by atoms with E-state index in [9.17, 15) is 14.4 Å². The monoisotopic (exact) mass is 425 g/mol. The number of benzene rings is 2. The highest BCUT2D eigenvalue weighted by atomic mass is 35.5. The number of carbonyl (C=O) groups is 3. The first kappa shape index (κ1) is 21.3. The Bertz CT molecular complexity index is 1120. The molecule has 8 heteroatoms. The predicted molar refractivity (Wildman–Crippen MR) is 113 cm³/mol. The zero-order valence-electron chi connectivity index (χ0n) is 16.7. The van der Waals surface area contributed by atoms with Crippen molar-refractivity contribution in [3.8, 4) is 5.69 Å². The number of ketones is 1. The molecule has 0 fully saturated rings. The first-order valence-electron chi connectivity index (χ1n) is 9.17. The van der Waals surface area contributed by atoms with Gasteiger partial charge in [-0.25, -0.2) is 9.48 Å². The van der Waals surface area contributed by atoms with Crippen LogP contribution in [-0.2, 0) is 9.53 Å². The lowest BCUT2D eigenvalue weighted by atomic mass is 10.1. The molecule has 0 bridgehead atoms. The normalized spacial score (nSPS) is 10.5. The second kappa shape index (κ2) is 8.92. The number of Topliss-reactive ketones (excluding diaryl/α,β-unsaturated/α-hetero) is 1. The van der Waals surface area contributed by atoms with Gasteiger partial charge in [0.25, 0.3) is 5.91 Å². The number of amides is 1. The summed E-state index contributed by atoms with van der Waals surface area (Å²) in [7, 11) is 0. The number of aromatic nitrogens is 2. The molecule has 3 aromatic rings. The smallest absolute Gasteiger partial charge is 0.338 e. The molecular weight excluding hydrogens is 406 g/mol. The summed E-state index contributed by atoms with van der Waals surface area (Å²) < 4.78 is 6.76. The number of hydrogen-bond donors (Lipinski definition) is 1. The average molecular weight is 426 g/mol. The molecule has 0 radical (unpaired) electrons. The minimum absolute atomic E-state index is 0.174. The third-order valence-corrected chi connectivity index (χ3v) is 5.01. The van der Waals surface area contributed by atoms with Gasteiger partial charge in [-0.2, -0.15) is 5.10 Å². The first-order valence-corrected chi connectivity index (χ1v) is 9.55. The molecule has 7 nitrogen and oxygen atoms in total. The van der Waals surface area contributed by atoms with Gasteiger partial charge in [-0.05, 0) is 57.2 Å². The molecule has 0 saturated carbocycles. The Balaban J connectivity index is 1.62. The summed E-state index contributed by atoms with van der Waals surface area (Å²) in [5.41, 5.74) is 3.32. The number of nitrogens with zero attached hydrogens (tertiary/aromatic N) is 2. The zero-order valence-corrected chi connectivity index (χ0v) is 17.5. The lowest BCUT2D eigenvalue weighted by molar-refractivity contribution is -0.119. The molecular formula is C22H20ClN3O4. The van der Waals surface area contributed by atoms with Crippen LogP contribution in [0.3, 0.4) is 0 Å². The summed E-state index contributed by atoms with van der Waals surface area (Å²) >= 11 is 6.17. The van der Waals surface area contributed by atoms with Gasteiger partial charge in [0.05, 0.1) is 33.3 Å². The minimum Gasteiger partial charge on any atom is -0.452 e. The van der Waals surface area contributed by atoms with Crippen molar-refractivity contribution in [3.63, 3.8) is 0 Å². The molecule has 0 atom stereocenters. The van der Waals surface area contributed by atoms with E-state index >= 15 is 0 Å². The van der Waals surface area contributed by atoms with Gasteiger partial charge in [-0.15, -0.1) is 0 Å². The summed E-state index contributed by atoms with van der Waals surface area (Å²) in [4.78, 5) is 36.0. The number of hydrogen-bond acceptors (Lipinski definition) is 5. The summed E-state index contributed by atoms with van der Waals surface area (Å²) in [5.74, 6) is -1.35. The van der Waals surface area contributed by atoms with E-state index in [1.54, 1.807) is 53.2 Å². The SMILES string of the molecule is CC(=O)c1ccccc1NC(=O)COC(=O)c1ccc(-n2nc(C)c(Cl)c2C)cc1. The largest absolute Gasteiger partial charge is 0.452 e. The van der Waals surface area contributed by atoms with E-state index in [0.29, 0.717) is 21.8 Å². The van der Waals surface area contributed by atoms with Crippen LogP contribution in [0.2, 0.25) is 5.02 Å². The van der Waals surface area contributed by atoms with E-state index < -0.39 is 18.5 Å². The number of carbonyl (C=O) groups excluding carboxylic acids is 3. The maximum Gasteiger partial charge on any atom is 0.338 e. The topological polar surface area (TPSA) is 90.3 Å². The summed E-state index contributed by atoms with van der Waals surface area (Å²) in [6.45, 7) is 4.61. The van der Waals surface area contributed by atoms with Crippen LogP contribution in [0.25, 0.3) is 5.69 Å². The predicted octanol–water partition coefficient (Wildman–Crippen LogP) is 4.14. The van der Waals surface area contributed by atoms with Crippen LogP contribution < -0.4 is 5.32 Å². The van der Waals surface area contributed by atoms with Gasteiger partial charge in [0.1, 0.15) is 0 Å². The van der Waals surface area contributed by atoms with Crippen LogP contribution in [0.5, 0.6) is 0 Å². The molecule has 0 spiro atoms. The molecule has 0 aliphatic rings. The third kappa shape index (κ3) is 4.58. The highest BCUT2D eigenvalue weighted by molar-refractivity contribution is 6.31. The lowest BCUT2D eigenvalue weighted by Gasteiger charge is -2.10. The van der Waals surface area contributed by atoms with Gasteiger partial charge in [0, 0.05) is 5.56 Å². The average Bonchev–Trinajstić information content (AvgIpc) is 2.99. The maximum absolute atomic E-state index is 12.2. The number of nitrogens with one attached hydrogen (secondary N) is 1. The molecule has 30 heavy (non-hydrogen) atoms. The molecule has 2 aromatic carbocycles. The molecule has 0 aliphatic carbocycles. The quantitative estimate of drug-likeness (QED) is 0.473. The van der Waals surface area contributed by atoms with E-state index in [1.165, 1.54) is 6.92 Å². The number of aryl methyl sites for hydroxylation is 1. The number of anilines is 1. The number of rotatable bonds is 6. The third-order valence-electron chi connectivity index (χ3n) is 4.47. The van der Waals surface area contributed by atoms with Crippen molar-refractivity contribution in [2.24, 2.45) is 0 Å². The fourth-order valence-electron chi connectivity index (χ4n) is 2.91. The van der Waals surface area contributed by atoms with Crippen LogP contribution in [0.1, 0.15) is 39.0 Å². The zero-order chi connectivity index (χ0) is 21.8. The van der Waals surface area contributed by atoms with Gasteiger partial charge in [0.15, 0.2) is 12.4 Å². The van der Waals surface area contributed by atoms with Crippen LogP contribution >= 0.6 is 11.6 Å². The van der Waals surface area contributed by atoms with Gasteiger partial charge in [-0.3, -0.25) is 9.59 Å². The van der Waals surface area contributed by atoms with Crippen LogP contribution in [0, 0.1) is 13.8 Å². The number of para-hydroxylation sites is 1. The van der Waals surface area contributed by atoms with E-state index in [2.05, 4.69) is 10.4 Å². The van der Waals surface area contributed by atoms with E-state index in [4.69, 9.17) is 16.3 Å². The second-order valence-electron chi connectivity index (χ2n) is 6.67. The van der Waals surface area contributed by atoms with Gasteiger partial charge >= 0.3 is 5.97 Å². The molecule has 1 aromatic heterocycles. The van der Waals surface area contributed by atoms with Gasteiger partial charge in [-0.1, -0.05) is 23.7 Å². The fourth-order valence-corrected chi connectivity index (χ4v) is 3.03. The van der Waals surface area contributed by atoms with Crippen LogP contribution in [-0.4, -0.2) is 34.0 Å². The fraction of sp³-hybridized carbons (Fsp3) is 0.182. The van der Waals surface area contributed by atoms with Gasteiger partial charge in [0.2, 0.25) is 0 Å². The standard InChI is InChI=1S/C22H20ClN3O4/c1-13-21(23)14(2)26(25-13)17-10-8-16(9-11-17)22(29)30-12-20(28)24-19-7-5-4-6-18(19)15(3)27/h4-11H,12H2,1-3H3,(H,24,28). The van der Waals surface area contributed by atoms with Crippen molar-refractivity contribution in [1.82, 2.24) is 9.78 Å². The lowest BCUT2D eigenvalue weighted by Crippen LogP contribution is -2.22. The Hall–Kier alpha value is -3.45. The van der Waals surface area contributed by atoms with Crippen molar-refractivity contribution in [2.75, 3.05) is 11.9 Å². The Labute approximate surface area is 178 Å². The van der Waals surface area contributed by atoms with Crippen LogP contribution in [0.4, 0.5) is 5.69 Å². The van der Waals surface area contributed by atoms with Crippen molar-refractivity contribution >= 4 is 34.9 Å². The van der Waals surface area contributed by atoms with Crippen molar-refractivity contribution < 1.29 is 19.1 Å².